The van der Waals surface area contributed by atoms with Crippen molar-refractivity contribution in [1.82, 2.24) is 10.6 Å². The predicted octanol–water partition coefficient (Wildman–Crippen LogP) is -0.389. The van der Waals surface area contributed by atoms with Crippen LogP contribution in [-0.2, 0) is 16.0 Å². The zero-order valence-electron chi connectivity index (χ0n) is 15.2. The van der Waals surface area contributed by atoms with E-state index in [1.807, 2.05) is 37.3 Å². The van der Waals surface area contributed by atoms with Gasteiger partial charge in [-0.05, 0) is 31.2 Å². The first-order valence-corrected chi connectivity index (χ1v) is 8.81. The van der Waals surface area contributed by atoms with Crippen molar-refractivity contribution < 1.29 is 9.59 Å². The monoisotopic (exact) mass is 362 g/mol. The summed E-state index contributed by atoms with van der Waals surface area (Å²) < 4.78 is 0. The number of nitrogens with one attached hydrogen (secondary N) is 3. The molecule has 144 valence electrons. The maximum absolute atomic E-state index is 12.7. The van der Waals surface area contributed by atoms with Gasteiger partial charge in [-0.15, -0.1) is 0 Å². The van der Waals surface area contributed by atoms with Gasteiger partial charge in [0.05, 0.1) is 18.1 Å². The number of primary amides is 1. The van der Waals surface area contributed by atoms with Crippen molar-refractivity contribution in [3.05, 3.63) is 35.9 Å². The molecular formula is C18H30N6O2. The minimum absolute atomic E-state index is 0.123. The maximum atomic E-state index is 12.7. The van der Waals surface area contributed by atoms with Gasteiger partial charge >= 0.3 is 0 Å². The Morgan fingerprint density at radius 1 is 1.15 bits per heavy atom. The van der Waals surface area contributed by atoms with Crippen LogP contribution in [-0.4, -0.2) is 42.3 Å². The summed E-state index contributed by atoms with van der Waals surface area (Å²) in [6.07, 6.45) is 1.98. The summed E-state index contributed by atoms with van der Waals surface area (Å²) in [5.74, 6) is -0.776. The normalized spacial score (nSPS) is 14.2. The molecule has 0 saturated carbocycles. The molecule has 0 aliphatic rings. The summed E-state index contributed by atoms with van der Waals surface area (Å²) in [5.41, 5.74) is 17.7. The predicted molar refractivity (Wildman–Crippen MR) is 102 cm³/mol. The topological polar surface area (TPSA) is 160 Å². The van der Waals surface area contributed by atoms with Crippen LogP contribution in [0.25, 0.3) is 0 Å². The van der Waals surface area contributed by atoms with E-state index < -0.39 is 24.0 Å². The Morgan fingerprint density at radius 3 is 2.35 bits per heavy atom. The highest BCUT2D eigenvalue weighted by Gasteiger charge is 2.27. The molecule has 0 aliphatic heterocycles. The van der Waals surface area contributed by atoms with E-state index in [0.29, 0.717) is 32.2 Å². The zero-order chi connectivity index (χ0) is 19.5. The minimum atomic E-state index is -0.650. The molecule has 0 saturated heterocycles. The zero-order valence-corrected chi connectivity index (χ0v) is 15.2. The standard InChI is InChI=1S/C18H30N6O2/c1-2-14(16(25)13(19)11-12-7-4-3-5-8-12)24-15(17(20)26)9-6-10-23-18(21)22/h3-5,7-8,13-15,24H,2,6,9-11,19H2,1H3,(H2,20,26)(H4,21,22,23). The maximum Gasteiger partial charge on any atom is 0.234 e. The third-order valence-corrected chi connectivity index (χ3v) is 4.15. The molecule has 0 heterocycles. The summed E-state index contributed by atoms with van der Waals surface area (Å²) in [6, 6.07) is 7.74. The second kappa shape index (κ2) is 11.2. The number of hydrogen-bond donors (Lipinski definition) is 6. The summed E-state index contributed by atoms with van der Waals surface area (Å²) in [4.78, 5) is 24.4. The van der Waals surface area contributed by atoms with E-state index in [0.717, 1.165) is 5.56 Å². The van der Waals surface area contributed by atoms with Crippen molar-refractivity contribution in [2.45, 2.75) is 50.7 Å². The van der Waals surface area contributed by atoms with Crippen LogP contribution in [0.4, 0.5) is 0 Å². The summed E-state index contributed by atoms with van der Waals surface area (Å²) in [7, 11) is 0. The number of nitrogens with two attached hydrogens (primary N) is 3. The molecule has 0 spiro atoms. The van der Waals surface area contributed by atoms with Gasteiger partial charge in [0.25, 0.3) is 0 Å². The lowest BCUT2D eigenvalue weighted by atomic mass is 9.96. The highest BCUT2D eigenvalue weighted by molar-refractivity contribution is 5.90. The molecule has 3 atom stereocenters. The highest BCUT2D eigenvalue weighted by Crippen LogP contribution is 2.07. The van der Waals surface area contributed by atoms with Gasteiger partial charge in [0, 0.05) is 6.54 Å². The van der Waals surface area contributed by atoms with E-state index in [1.165, 1.54) is 0 Å². The highest BCUT2D eigenvalue weighted by atomic mass is 16.1. The van der Waals surface area contributed by atoms with E-state index in [-0.39, 0.29) is 11.7 Å². The SMILES string of the molecule is CCC(NC(CCCNC(=N)N)C(N)=O)C(=O)C(N)Cc1ccccc1. The molecule has 8 nitrogen and oxygen atoms in total. The van der Waals surface area contributed by atoms with E-state index >= 15 is 0 Å². The average molecular weight is 362 g/mol. The molecule has 26 heavy (non-hydrogen) atoms. The molecule has 0 bridgehead atoms. The van der Waals surface area contributed by atoms with Gasteiger partial charge in [0.15, 0.2) is 11.7 Å². The minimum Gasteiger partial charge on any atom is -0.370 e. The van der Waals surface area contributed by atoms with Crippen LogP contribution in [0.5, 0.6) is 0 Å². The molecule has 1 aromatic carbocycles. The van der Waals surface area contributed by atoms with Crippen LogP contribution in [0.15, 0.2) is 30.3 Å². The Bertz CT molecular complexity index is 593. The number of guanidine groups is 1. The average Bonchev–Trinajstić information content (AvgIpc) is 2.61. The van der Waals surface area contributed by atoms with Gasteiger partial charge in [0.1, 0.15) is 0 Å². The van der Waals surface area contributed by atoms with Crippen LogP contribution >= 0.6 is 0 Å². The van der Waals surface area contributed by atoms with Gasteiger partial charge in [-0.1, -0.05) is 37.3 Å². The number of benzene rings is 1. The number of carbonyl (C=O) groups excluding carboxylic acids is 2. The van der Waals surface area contributed by atoms with Crippen LogP contribution < -0.4 is 27.8 Å². The fourth-order valence-corrected chi connectivity index (χ4v) is 2.71. The van der Waals surface area contributed by atoms with E-state index in [4.69, 9.17) is 22.6 Å². The second-order valence-corrected chi connectivity index (χ2v) is 6.26. The van der Waals surface area contributed by atoms with Crippen molar-refractivity contribution in [2.24, 2.45) is 17.2 Å². The lowest BCUT2D eigenvalue weighted by molar-refractivity contribution is -0.124. The fourth-order valence-electron chi connectivity index (χ4n) is 2.71. The first-order chi connectivity index (χ1) is 12.3. The number of carbonyl (C=O) groups is 2. The molecular weight excluding hydrogens is 332 g/mol. The molecule has 0 fully saturated rings. The van der Waals surface area contributed by atoms with Crippen molar-refractivity contribution in [3.63, 3.8) is 0 Å². The van der Waals surface area contributed by atoms with Gasteiger partial charge in [0.2, 0.25) is 5.91 Å². The van der Waals surface area contributed by atoms with Crippen LogP contribution in [0.2, 0.25) is 0 Å². The third-order valence-electron chi connectivity index (χ3n) is 4.15. The summed E-state index contributed by atoms with van der Waals surface area (Å²) in [5, 5.41) is 12.8. The number of amides is 1. The second-order valence-electron chi connectivity index (χ2n) is 6.26. The molecule has 9 N–H and O–H groups in total. The Morgan fingerprint density at radius 2 is 1.81 bits per heavy atom. The van der Waals surface area contributed by atoms with Gasteiger partial charge in [-0.25, -0.2) is 0 Å². The fraction of sp³-hybridized carbons (Fsp3) is 0.500. The number of hydrogen-bond acceptors (Lipinski definition) is 5. The van der Waals surface area contributed by atoms with Crippen LogP contribution in [0, 0.1) is 5.41 Å². The number of Topliss-reactive ketones (excluding diaryl/α,β-unsaturated/α-hetero) is 1. The molecule has 1 aromatic rings. The largest absolute Gasteiger partial charge is 0.370 e. The molecule has 1 rings (SSSR count). The quantitative estimate of drug-likeness (QED) is 0.169. The lowest BCUT2D eigenvalue weighted by Crippen LogP contribution is -2.53. The van der Waals surface area contributed by atoms with E-state index in [1.54, 1.807) is 0 Å². The molecule has 0 radical (unpaired) electrons. The molecule has 1 amide bonds. The van der Waals surface area contributed by atoms with E-state index in [2.05, 4.69) is 10.6 Å². The molecule has 0 aromatic heterocycles. The van der Waals surface area contributed by atoms with Crippen LogP contribution in [0.1, 0.15) is 31.7 Å². The first-order valence-electron chi connectivity index (χ1n) is 8.81. The van der Waals surface area contributed by atoms with Crippen molar-refractivity contribution in [3.8, 4) is 0 Å². The van der Waals surface area contributed by atoms with Gasteiger partial charge in [-0.2, -0.15) is 0 Å². The molecule has 0 aliphatic carbocycles. The van der Waals surface area contributed by atoms with Crippen molar-refractivity contribution >= 4 is 17.6 Å². The van der Waals surface area contributed by atoms with E-state index in [9.17, 15) is 9.59 Å². The number of ketones is 1. The Balaban J connectivity index is 2.61. The number of rotatable bonds is 12. The van der Waals surface area contributed by atoms with Gasteiger partial charge < -0.3 is 22.5 Å². The Hall–Kier alpha value is -2.45. The van der Waals surface area contributed by atoms with Gasteiger partial charge in [-0.3, -0.25) is 20.3 Å². The summed E-state index contributed by atoms with van der Waals surface area (Å²) in [6.45, 7) is 2.32. The van der Waals surface area contributed by atoms with Crippen molar-refractivity contribution in [2.75, 3.05) is 6.54 Å². The Labute approximate surface area is 154 Å². The smallest absolute Gasteiger partial charge is 0.234 e. The Kier molecular flexibility index (Phi) is 9.32. The lowest BCUT2D eigenvalue weighted by Gasteiger charge is -2.24. The summed E-state index contributed by atoms with van der Waals surface area (Å²) >= 11 is 0. The molecule has 3 unspecified atom stereocenters. The third kappa shape index (κ3) is 7.62. The molecule has 8 heteroatoms. The van der Waals surface area contributed by atoms with Crippen LogP contribution in [0.3, 0.4) is 0 Å². The van der Waals surface area contributed by atoms with Crippen molar-refractivity contribution in [1.29, 1.82) is 5.41 Å². The first kappa shape index (κ1) is 21.6.